The fourth-order valence-electron chi connectivity index (χ4n) is 3.70. The number of para-hydroxylation sites is 2. The van der Waals surface area contributed by atoms with E-state index < -0.39 is 11.9 Å². The van der Waals surface area contributed by atoms with Crippen LogP contribution in [0.25, 0.3) is 21.9 Å². The average Bonchev–Trinajstić information content (AvgIpc) is 3.29. The summed E-state index contributed by atoms with van der Waals surface area (Å²) in [5, 5.41) is 1.45. The van der Waals surface area contributed by atoms with Gasteiger partial charge < -0.3 is 23.4 Å². The number of esters is 2. The highest BCUT2D eigenvalue weighted by Gasteiger charge is 2.19. The largest absolute Gasteiger partial charge is 0.497 e. The molecule has 0 saturated carbocycles. The van der Waals surface area contributed by atoms with Crippen LogP contribution in [-0.4, -0.2) is 26.2 Å². The quantitative estimate of drug-likeness (QED) is 0.222. The number of benzene rings is 4. The van der Waals surface area contributed by atoms with Crippen molar-refractivity contribution >= 4 is 33.9 Å². The zero-order valence-electron chi connectivity index (χ0n) is 18.9. The molecule has 0 atom stereocenters. The highest BCUT2D eigenvalue weighted by molar-refractivity contribution is 6.09. The SMILES string of the molecule is COc1ccc(C(=O)Oc2cccc3c2oc2c(OC(=O)c4ccc(OC)cc4)cccc23)cc1. The lowest BCUT2D eigenvalue weighted by Crippen LogP contribution is -2.08. The molecule has 0 amide bonds. The molecule has 0 bridgehead atoms. The summed E-state index contributed by atoms with van der Waals surface area (Å²) in [6, 6.07) is 23.7. The van der Waals surface area contributed by atoms with Crippen LogP contribution in [0.1, 0.15) is 20.7 Å². The van der Waals surface area contributed by atoms with Crippen LogP contribution in [0.2, 0.25) is 0 Å². The lowest BCUT2D eigenvalue weighted by atomic mass is 10.1. The van der Waals surface area contributed by atoms with Gasteiger partial charge in [-0.3, -0.25) is 0 Å². The van der Waals surface area contributed by atoms with E-state index in [-0.39, 0.29) is 11.5 Å². The summed E-state index contributed by atoms with van der Waals surface area (Å²) < 4.78 is 27.6. The molecular weight excluding hydrogens is 448 g/mol. The fourth-order valence-corrected chi connectivity index (χ4v) is 3.70. The van der Waals surface area contributed by atoms with Crippen molar-refractivity contribution < 1.29 is 33.0 Å². The van der Waals surface area contributed by atoms with Gasteiger partial charge in [0.1, 0.15) is 11.5 Å². The maximum atomic E-state index is 12.7. The third-order valence-corrected chi connectivity index (χ3v) is 5.51. The van der Waals surface area contributed by atoms with E-state index in [0.29, 0.717) is 33.8 Å². The van der Waals surface area contributed by atoms with Gasteiger partial charge in [-0.2, -0.15) is 0 Å². The molecule has 5 aromatic rings. The van der Waals surface area contributed by atoms with Gasteiger partial charge in [0, 0.05) is 10.8 Å². The lowest BCUT2D eigenvalue weighted by Gasteiger charge is -2.06. The molecule has 1 aromatic heterocycles. The summed E-state index contributed by atoms with van der Waals surface area (Å²) in [6.45, 7) is 0. The molecule has 4 aromatic carbocycles. The Labute approximate surface area is 200 Å². The molecule has 0 saturated heterocycles. The fraction of sp³-hybridized carbons (Fsp3) is 0.0714. The Hall–Kier alpha value is -4.78. The van der Waals surface area contributed by atoms with Crippen LogP contribution < -0.4 is 18.9 Å². The first kappa shape index (κ1) is 22.0. The van der Waals surface area contributed by atoms with Gasteiger partial charge in [-0.05, 0) is 60.7 Å². The van der Waals surface area contributed by atoms with Gasteiger partial charge in [-0.25, -0.2) is 9.59 Å². The topological polar surface area (TPSA) is 84.2 Å². The number of methoxy groups -OCH3 is 2. The number of fused-ring (bicyclic) bond motifs is 3. The standard InChI is InChI=1S/C28H20O7/c1-31-19-13-9-17(10-14-19)27(29)33-23-7-3-5-21-22-6-4-8-24(26(22)35-25(21)23)34-28(30)18-11-15-20(32-2)16-12-18/h3-16H,1-2H3. The van der Waals surface area contributed by atoms with Crippen LogP contribution in [0, 0.1) is 0 Å². The van der Waals surface area contributed by atoms with Crippen molar-refractivity contribution in [3.8, 4) is 23.0 Å². The van der Waals surface area contributed by atoms with Gasteiger partial charge >= 0.3 is 11.9 Å². The Bertz CT molecular complexity index is 1410. The van der Waals surface area contributed by atoms with Crippen molar-refractivity contribution in [2.24, 2.45) is 0 Å². The first-order valence-corrected chi connectivity index (χ1v) is 10.7. The van der Waals surface area contributed by atoms with Crippen molar-refractivity contribution in [3.63, 3.8) is 0 Å². The Balaban J connectivity index is 1.47. The third-order valence-electron chi connectivity index (χ3n) is 5.51. The van der Waals surface area contributed by atoms with Crippen molar-refractivity contribution in [3.05, 3.63) is 96.1 Å². The predicted molar refractivity (Wildman–Crippen MR) is 130 cm³/mol. The number of rotatable bonds is 6. The minimum atomic E-state index is -0.535. The number of furan rings is 1. The van der Waals surface area contributed by atoms with Crippen molar-refractivity contribution in [1.82, 2.24) is 0 Å². The molecule has 0 N–H and O–H groups in total. The summed E-state index contributed by atoms with van der Waals surface area (Å²) >= 11 is 0. The van der Waals surface area contributed by atoms with Crippen LogP contribution in [-0.2, 0) is 0 Å². The van der Waals surface area contributed by atoms with E-state index in [0.717, 1.165) is 10.8 Å². The van der Waals surface area contributed by atoms with E-state index in [1.165, 1.54) is 0 Å². The smallest absolute Gasteiger partial charge is 0.343 e. The predicted octanol–water partition coefficient (Wildman–Crippen LogP) is 6.04. The van der Waals surface area contributed by atoms with Gasteiger partial charge in [0.25, 0.3) is 0 Å². The number of carbonyl (C=O) groups is 2. The van der Waals surface area contributed by atoms with E-state index >= 15 is 0 Å². The van der Waals surface area contributed by atoms with Crippen LogP contribution >= 0.6 is 0 Å². The number of carbonyl (C=O) groups excluding carboxylic acids is 2. The van der Waals surface area contributed by atoms with Crippen molar-refractivity contribution in [1.29, 1.82) is 0 Å². The highest BCUT2D eigenvalue weighted by atomic mass is 16.6. The van der Waals surface area contributed by atoms with Gasteiger partial charge in [0.15, 0.2) is 22.7 Å². The molecule has 0 aliphatic rings. The second-order valence-corrected chi connectivity index (χ2v) is 7.60. The molecule has 7 heteroatoms. The zero-order valence-corrected chi connectivity index (χ0v) is 18.9. The summed E-state index contributed by atoms with van der Waals surface area (Å²) in [5.41, 5.74) is 1.48. The molecule has 0 aliphatic heterocycles. The number of ether oxygens (including phenoxy) is 4. The second-order valence-electron chi connectivity index (χ2n) is 7.60. The number of hydrogen-bond donors (Lipinski definition) is 0. The number of hydrogen-bond acceptors (Lipinski definition) is 7. The Morgan fingerprint density at radius 2 is 0.971 bits per heavy atom. The Morgan fingerprint density at radius 1 is 0.571 bits per heavy atom. The maximum absolute atomic E-state index is 12.7. The molecule has 0 unspecified atom stereocenters. The van der Waals surface area contributed by atoms with Gasteiger partial charge in [-0.1, -0.05) is 24.3 Å². The minimum absolute atomic E-state index is 0.256. The molecule has 35 heavy (non-hydrogen) atoms. The van der Waals surface area contributed by atoms with Crippen LogP contribution in [0.4, 0.5) is 0 Å². The Kier molecular flexibility index (Phi) is 5.81. The molecule has 0 fully saturated rings. The summed E-state index contributed by atoms with van der Waals surface area (Å²) in [5.74, 6) is 0.715. The highest BCUT2D eigenvalue weighted by Crippen LogP contribution is 2.39. The Morgan fingerprint density at radius 3 is 1.34 bits per heavy atom. The van der Waals surface area contributed by atoms with Gasteiger partial charge in [0.05, 0.1) is 25.3 Å². The monoisotopic (exact) mass is 468 g/mol. The van der Waals surface area contributed by atoms with E-state index in [1.54, 1.807) is 87.0 Å². The lowest BCUT2D eigenvalue weighted by molar-refractivity contribution is 0.0728. The average molecular weight is 468 g/mol. The van der Waals surface area contributed by atoms with E-state index in [4.69, 9.17) is 23.4 Å². The van der Waals surface area contributed by atoms with E-state index in [1.807, 2.05) is 12.1 Å². The van der Waals surface area contributed by atoms with Gasteiger partial charge in [0.2, 0.25) is 0 Å². The van der Waals surface area contributed by atoms with E-state index in [9.17, 15) is 9.59 Å². The summed E-state index contributed by atoms with van der Waals surface area (Å²) in [7, 11) is 3.11. The van der Waals surface area contributed by atoms with Crippen molar-refractivity contribution in [2.45, 2.75) is 0 Å². The molecule has 7 nitrogen and oxygen atoms in total. The normalized spacial score (nSPS) is 10.8. The second kappa shape index (κ2) is 9.23. The van der Waals surface area contributed by atoms with Crippen LogP contribution in [0.15, 0.2) is 89.3 Å². The van der Waals surface area contributed by atoms with E-state index in [2.05, 4.69) is 0 Å². The maximum Gasteiger partial charge on any atom is 0.343 e. The first-order chi connectivity index (χ1) is 17.1. The third kappa shape index (κ3) is 4.27. The van der Waals surface area contributed by atoms with Crippen molar-refractivity contribution in [2.75, 3.05) is 14.2 Å². The summed E-state index contributed by atoms with van der Waals surface area (Å²) in [6.07, 6.45) is 0. The molecule has 1 heterocycles. The van der Waals surface area contributed by atoms with Crippen LogP contribution in [0.5, 0.6) is 23.0 Å². The molecule has 5 rings (SSSR count). The summed E-state index contributed by atoms with van der Waals surface area (Å²) in [4.78, 5) is 25.4. The minimum Gasteiger partial charge on any atom is -0.497 e. The molecule has 0 aliphatic carbocycles. The molecule has 174 valence electrons. The zero-order chi connectivity index (χ0) is 24.4. The molecular formula is C28H20O7. The van der Waals surface area contributed by atoms with Gasteiger partial charge in [-0.15, -0.1) is 0 Å². The van der Waals surface area contributed by atoms with Crippen LogP contribution in [0.3, 0.4) is 0 Å². The first-order valence-electron chi connectivity index (χ1n) is 10.7. The molecule has 0 radical (unpaired) electrons. The molecule has 0 spiro atoms.